The average molecular weight is 281 g/mol. The van der Waals surface area contributed by atoms with E-state index >= 15 is 0 Å². The number of nitrogens with one attached hydrogen (secondary N) is 1. The summed E-state index contributed by atoms with van der Waals surface area (Å²) in [6.45, 7) is 5.40. The molecule has 2 aromatic rings. The van der Waals surface area contributed by atoms with E-state index in [-0.39, 0.29) is 0 Å². The number of hydrogen-bond donors (Lipinski definition) is 1. The van der Waals surface area contributed by atoms with Crippen LogP contribution in [0.5, 0.6) is 0 Å². The van der Waals surface area contributed by atoms with Gasteiger partial charge in [0.25, 0.3) is 0 Å². The number of aryl methyl sites for hydroxylation is 2. The highest BCUT2D eigenvalue weighted by Crippen LogP contribution is 2.19. The summed E-state index contributed by atoms with van der Waals surface area (Å²) in [5.74, 6) is 0. The first kappa shape index (κ1) is 15.8. The Bertz CT molecular complexity index is 501. The average Bonchev–Trinajstić information content (AvgIpc) is 2.55. The van der Waals surface area contributed by atoms with Crippen LogP contribution in [0.1, 0.15) is 49.4 Å². The van der Waals surface area contributed by atoms with Crippen molar-refractivity contribution in [1.29, 1.82) is 0 Å². The Morgan fingerprint density at radius 2 is 1.52 bits per heavy atom. The minimum absolute atomic E-state index is 0.478. The third-order valence-corrected chi connectivity index (χ3v) is 4.04. The molecule has 0 aromatic heterocycles. The molecule has 2 rings (SSSR count). The third-order valence-electron chi connectivity index (χ3n) is 4.04. The summed E-state index contributed by atoms with van der Waals surface area (Å²) >= 11 is 0. The van der Waals surface area contributed by atoms with Gasteiger partial charge in [0, 0.05) is 6.04 Å². The van der Waals surface area contributed by atoms with Crippen molar-refractivity contribution in [3.05, 3.63) is 71.3 Å². The fourth-order valence-corrected chi connectivity index (χ4v) is 2.77. The molecule has 112 valence electrons. The Labute approximate surface area is 129 Å². The molecular weight excluding hydrogens is 254 g/mol. The maximum atomic E-state index is 3.60. The second kappa shape index (κ2) is 8.63. The minimum Gasteiger partial charge on any atom is -0.310 e. The van der Waals surface area contributed by atoms with E-state index in [9.17, 15) is 0 Å². The molecule has 0 amide bonds. The van der Waals surface area contributed by atoms with E-state index in [0.717, 1.165) is 13.0 Å². The van der Waals surface area contributed by atoms with Gasteiger partial charge in [-0.2, -0.15) is 0 Å². The Balaban J connectivity index is 1.87. The molecule has 0 aliphatic rings. The normalized spacial score (nSPS) is 12.3. The van der Waals surface area contributed by atoms with Gasteiger partial charge in [-0.15, -0.1) is 0 Å². The molecule has 0 radical (unpaired) electrons. The van der Waals surface area contributed by atoms with Gasteiger partial charge in [0.15, 0.2) is 0 Å². The van der Waals surface area contributed by atoms with Gasteiger partial charge in [-0.1, -0.05) is 68.4 Å². The molecular formula is C20H27N. The van der Waals surface area contributed by atoms with Crippen LogP contribution in [-0.4, -0.2) is 6.54 Å². The number of rotatable bonds is 8. The molecule has 0 aliphatic carbocycles. The second-order valence-corrected chi connectivity index (χ2v) is 5.58. The second-order valence-electron chi connectivity index (χ2n) is 5.58. The molecule has 0 fully saturated rings. The summed E-state index contributed by atoms with van der Waals surface area (Å²) in [5, 5.41) is 3.60. The first-order valence-electron chi connectivity index (χ1n) is 8.19. The lowest BCUT2D eigenvalue weighted by Crippen LogP contribution is -2.20. The van der Waals surface area contributed by atoms with Crippen LogP contribution >= 0.6 is 0 Å². The molecule has 0 saturated heterocycles. The quantitative estimate of drug-likeness (QED) is 0.724. The van der Waals surface area contributed by atoms with Crippen LogP contribution in [0.15, 0.2) is 54.6 Å². The Kier molecular flexibility index (Phi) is 6.49. The van der Waals surface area contributed by atoms with Gasteiger partial charge in [-0.25, -0.2) is 0 Å². The summed E-state index contributed by atoms with van der Waals surface area (Å²) in [6.07, 6.45) is 4.70. The maximum Gasteiger partial charge on any atom is 0.0320 e. The summed E-state index contributed by atoms with van der Waals surface area (Å²) in [7, 11) is 0. The fraction of sp³-hybridized carbons (Fsp3) is 0.400. The van der Waals surface area contributed by atoms with Crippen molar-refractivity contribution in [1.82, 2.24) is 5.32 Å². The van der Waals surface area contributed by atoms with Gasteiger partial charge in [0.1, 0.15) is 0 Å². The molecule has 0 aliphatic heterocycles. The van der Waals surface area contributed by atoms with Gasteiger partial charge in [-0.3, -0.25) is 0 Å². The van der Waals surface area contributed by atoms with Crippen LogP contribution in [0, 0.1) is 0 Å². The van der Waals surface area contributed by atoms with Crippen LogP contribution in [-0.2, 0) is 12.8 Å². The minimum atomic E-state index is 0.478. The molecule has 0 saturated carbocycles. The molecule has 21 heavy (non-hydrogen) atoms. The highest BCUT2D eigenvalue weighted by atomic mass is 14.9. The zero-order valence-electron chi connectivity index (χ0n) is 13.3. The molecule has 1 unspecified atom stereocenters. The van der Waals surface area contributed by atoms with Gasteiger partial charge >= 0.3 is 0 Å². The molecule has 0 spiro atoms. The molecule has 0 bridgehead atoms. The molecule has 1 N–H and O–H groups in total. The highest BCUT2D eigenvalue weighted by Gasteiger charge is 2.09. The van der Waals surface area contributed by atoms with E-state index < -0.39 is 0 Å². The van der Waals surface area contributed by atoms with E-state index in [1.807, 2.05) is 0 Å². The van der Waals surface area contributed by atoms with Gasteiger partial charge < -0.3 is 5.32 Å². The highest BCUT2D eigenvalue weighted by molar-refractivity contribution is 5.23. The Morgan fingerprint density at radius 1 is 0.857 bits per heavy atom. The molecule has 2 aromatic carbocycles. The van der Waals surface area contributed by atoms with Crippen LogP contribution < -0.4 is 5.32 Å². The number of hydrogen-bond acceptors (Lipinski definition) is 1. The summed E-state index contributed by atoms with van der Waals surface area (Å²) in [5.41, 5.74) is 4.28. The van der Waals surface area contributed by atoms with E-state index in [2.05, 4.69) is 73.8 Å². The van der Waals surface area contributed by atoms with Crippen molar-refractivity contribution in [3.8, 4) is 0 Å². The monoisotopic (exact) mass is 281 g/mol. The summed E-state index contributed by atoms with van der Waals surface area (Å²) < 4.78 is 0. The first-order chi connectivity index (χ1) is 10.3. The predicted octanol–water partition coefficient (Wildman–Crippen LogP) is 4.92. The lowest BCUT2D eigenvalue weighted by atomic mass is 9.98. The smallest absolute Gasteiger partial charge is 0.0320 e. The lowest BCUT2D eigenvalue weighted by Gasteiger charge is -2.18. The predicted molar refractivity (Wildman–Crippen MR) is 91.6 cm³/mol. The van der Waals surface area contributed by atoms with E-state index in [0.29, 0.717) is 6.04 Å². The van der Waals surface area contributed by atoms with E-state index in [1.54, 1.807) is 0 Å². The van der Waals surface area contributed by atoms with Crippen LogP contribution in [0.25, 0.3) is 0 Å². The van der Waals surface area contributed by atoms with Crippen molar-refractivity contribution in [2.24, 2.45) is 0 Å². The standard InChI is InChI=1S/C20H27N/c1-3-17-13-15-18(16-14-17)9-8-12-20(21-4-2)19-10-6-5-7-11-19/h5-7,10-11,13-16,20-21H,3-4,8-9,12H2,1-2H3. The van der Waals surface area contributed by atoms with Crippen molar-refractivity contribution < 1.29 is 0 Å². The zero-order chi connectivity index (χ0) is 14.9. The van der Waals surface area contributed by atoms with E-state index in [4.69, 9.17) is 0 Å². The van der Waals surface area contributed by atoms with Crippen LogP contribution in [0.2, 0.25) is 0 Å². The first-order valence-corrected chi connectivity index (χ1v) is 8.19. The fourth-order valence-electron chi connectivity index (χ4n) is 2.77. The van der Waals surface area contributed by atoms with Crippen molar-refractivity contribution in [2.75, 3.05) is 6.54 Å². The van der Waals surface area contributed by atoms with Crippen LogP contribution in [0.3, 0.4) is 0 Å². The molecule has 1 nitrogen and oxygen atoms in total. The van der Waals surface area contributed by atoms with Crippen molar-refractivity contribution in [2.45, 2.75) is 45.6 Å². The maximum absolute atomic E-state index is 3.60. The molecule has 1 heteroatoms. The number of benzene rings is 2. The summed E-state index contributed by atoms with van der Waals surface area (Å²) in [4.78, 5) is 0. The third kappa shape index (κ3) is 5.02. The largest absolute Gasteiger partial charge is 0.310 e. The molecule has 0 heterocycles. The molecule has 1 atom stereocenters. The zero-order valence-corrected chi connectivity index (χ0v) is 13.3. The summed E-state index contributed by atoms with van der Waals surface area (Å²) in [6, 6.07) is 20.3. The lowest BCUT2D eigenvalue weighted by molar-refractivity contribution is 0.498. The van der Waals surface area contributed by atoms with Crippen LogP contribution in [0.4, 0.5) is 0 Å². The SMILES string of the molecule is CCNC(CCCc1ccc(CC)cc1)c1ccccc1. The van der Waals surface area contributed by atoms with Crippen molar-refractivity contribution in [3.63, 3.8) is 0 Å². The van der Waals surface area contributed by atoms with E-state index in [1.165, 1.54) is 36.0 Å². The Morgan fingerprint density at radius 3 is 2.14 bits per heavy atom. The van der Waals surface area contributed by atoms with Gasteiger partial charge in [0.05, 0.1) is 0 Å². The van der Waals surface area contributed by atoms with Gasteiger partial charge in [0.2, 0.25) is 0 Å². The topological polar surface area (TPSA) is 12.0 Å². The Hall–Kier alpha value is -1.60. The van der Waals surface area contributed by atoms with Crippen molar-refractivity contribution >= 4 is 0 Å². The van der Waals surface area contributed by atoms with Gasteiger partial charge in [-0.05, 0) is 48.9 Å².